The molecule has 0 radical (unpaired) electrons. The second kappa shape index (κ2) is 7.69. The third-order valence-electron chi connectivity index (χ3n) is 3.25. The summed E-state index contributed by atoms with van der Waals surface area (Å²) in [5.41, 5.74) is 0.348. The predicted molar refractivity (Wildman–Crippen MR) is 98.8 cm³/mol. The number of carbonyl (C=O) groups excluding carboxylic acids is 2. The summed E-state index contributed by atoms with van der Waals surface area (Å²) in [6, 6.07) is 7.11. The van der Waals surface area contributed by atoms with Gasteiger partial charge in [-0.2, -0.15) is 0 Å². The van der Waals surface area contributed by atoms with E-state index in [-0.39, 0.29) is 11.7 Å². The molecule has 2 N–H and O–H groups in total. The van der Waals surface area contributed by atoms with Crippen LogP contribution >= 0.6 is 22.6 Å². The molecule has 5 nitrogen and oxygen atoms in total. The molecule has 0 aliphatic rings. The van der Waals surface area contributed by atoms with Crippen molar-refractivity contribution in [3.8, 4) is 0 Å². The summed E-state index contributed by atoms with van der Waals surface area (Å²) in [7, 11) is 0. The van der Waals surface area contributed by atoms with Crippen molar-refractivity contribution in [3.05, 3.63) is 57.0 Å². The van der Waals surface area contributed by atoms with Crippen LogP contribution in [0, 0.1) is 9.39 Å². The number of aromatic nitrogens is 1. The SMILES string of the molecule is CC(C)(CNc1ncc(C=O)cc1I)NC(=O)c1ccc(F)cc1. The Bertz CT molecular complexity index is 748. The lowest BCUT2D eigenvalue weighted by atomic mass is 10.0. The Hall–Kier alpha value is -2.03. The fourth-order valence-electron chi connectivity index (χ4n) is 1.98. The predicted octanol–water partition coefficient (Wildman–Crippen LogP) is 3.26. The summed E-state index contributed by atoms with van der Waals surface area (Å²) >= 11 is 2.09. The minimum atomic E-state index is -0.556. The van der Waals surface area contributed by atoms with Crippen LogP contribution in [0.1, 0.15) is 34.6 Å². The molecule has 1 aromatic carbocycles. The van der Waals surface area contributed by atoms with Crippen molar-refractivity contribution in [3.63, 3.8) is 0 Å². The Morgan fingerprint density at radius 1 is 1.33 bits per heavy atom. The van der Waals surface area contributed by atoms with Crippen LogP contribution in [0.2, 0.25) is 0 Å². The fourth-order valence-corrected chi connectivity index (χ4v) is 2.67. The van der Waals surface area contributed by atoms with Crippen molar-refractivity contribution in [2.75, 3.05) is 11.9 Å². The van der Waals surface area contributed by atoms with Gasteiger partial charge in [0.05, 0.1) is 9.11 Å². The maximum Gasteiger partial charge on any atom is 0.251 e. The van der Waals surface area contributed by atoms with Gasteiger partial charge in [-0.1, -0.05) is 0 Å². The van der Waals surface area contributed by atoms with E-state index in [1.165, 1.54) is 30.5 Å². The van der Waals surface area contributed by atoms with Gasteiger partial charge in [-0.25, -0.2) is 9.37 Å². The summed E-state index contributed by atoms with van der Waals surface area (Å²) in [6.07, 6.45) is 2.23. The Morgan fingerprint density at radius 2 is 2.00 bits per heavy atom. The van der Waals surface area contributed by atoms with Crippen LogP contribution in [-0.2, 0) is 0 Å². The number of halogens is 2. The van der Waals surface area contributed by atoms with E-state index in [2.05, 4.69) is 38.2 Å². The normalized spacial score (nSPS) is 11.0. The highest BCUT2D eigenvalue weighted by atomic mass is 127. The molecule has 126 valence electrons. The van der Waals surface area contributed by atoms with E-state index in [4.69, 9.17) is 0 Å². The van der Waals surface area contributed by atoms with E-state index in [1.807, 2.05) is 13.8 Å². The summed E-state index contributed by atoms with van der Waals surface area (Å²) in [6.45, 7) is 4.17. The van der Waals surface area contributed by atoms with Crippen LogP contribution in [0.5, 0.6) is 0 Å². The van der Waals surface area contributed by atoms with E-state index >= 15 is 0 Å². The van der Waals surface area contributed by atoms with E-state index < -0.39 is 5.54 Å². The zero-order chi connectivity index (χ0) is 17.7. The quantitative estimate of drug-likeness (QED) is 0.534. The highest BCUT2D eigenvalue weighted by Gasteiger charge is 2.21. The number of nitrogens with zero attached hydrogens (tertiary/aromatic N) is 1. The number of benzene rings is 1. The first-order chi connectivity index (χ1) is 11.3. The van der Waals surface area contributed by atoms with Crippen LogP contribution in [-0.4, -0.2) is 29.3 Å². The molecule has 2 rings (SSSR count). The number of hydrogen-bond donors (Lipinski definition) is 2. The molecule has 1 aromatic heterocycles. The van der Waals surface area contributed by atoms with Gasteiger partial charge in [-0.3, -0.25) is 9.59 Å². The van der Waals surface area contributed by atoms with Crippen LogP contribution in [0.3, 0.4) is 0 Å². The van der Waals surface area contributed by atoms with E-state index in [0.29, 0.717) is 23.5 Å². The molecule has 0 fully saturated rings. The van der Waals surface area contributed by atoms with Crippen molar-refractivity contribution in [2.24, 2.45) is 0 Å². The molecule has 24 heavy (non-hydrogen) atoms. The Balaban J connectivity index is 1.99. The first-order valence-electron chi connectivity index (χ1n) is 7.23. The van der Waals surface area contributed by atoms with E-state index in [9.17, 15) is 14.0 Å². The lowest BCUT2D eigenvalue weighted by Crippen LogP contribution is -2.48. The zero-order valence-corrected chi connectivity index (χ0v) is 15.4. The number of nitrogens with one attached hydrogen (secondary N) is 2. The van der Waals surface area contributed by atoms with Gasteiger partial charge in [0.25, 0.3) is 5.91 Å². The molecule has 1 amide bonds. The van der Waals surface area contributed by atoms with Crippen LogP contribution in [0.25, 0.3) is 0 Å². The van der Waals surface area contributed by atoms with Gasteiger partial charge in [0.2, 0.25) is 0 Å². The average molecular weight is 441 g/mol. The number of amides is 1. The molecule has 1 heterocycles. The van der Waals surface area contributed by atoms with Crippen molar-refractivity contribution in [1.29, 1.82) is 0 Å². The van der Waals surface area contributed by atoms with E-state index in [0.717, 1.165) is 9.86 Å². The number of aldehydes is 1. The molecular weight excluding hydrogens is 424 g/mol. The highest BCUT2D eigenvalue weighted by Crippen LogP contribution is 2.17. The van der Waals surface area contributed by atoms with Crippen LogP contribution in [0.15, 0.2) is 36.5 Å². The number of anilines is 1. The molecular formula is C17H17FIN3O2. The lowest BCUT2D eigenvalue weighted by Gasteiger charge is -2.27. The third-order valence-corrected chi connectivity index (χ3v) is 4.08. The average Bonchev–Trinajstić information content (AvgIpc) is 2.53. The van der Waals surface area contributed by atoms with E-state index in [1.54, 1.807) is 6.07 Å². The summed E-state index contributed by atoms with van der Waals surface area (Å²) in [5, 5.41) is 6.06. The topological polar surface area (TPSA) is 71.1 Å². The number of rotatable bonds is 6. The van der Waals surface area contributed by atoms with Gasteiger partial charge in [0.15, 0.2) is 6.29 Å². The van der Waals surface area contributed by atoms with Crippen LogP contribution in [0.4, 0.5) is 10.2 Å². The van der Waals surface area contributed by atoms with Gasteiger partial charge < -0.3 is 10.6 Å². The van der Waals surface area contributed by atoms with Crippen molar-refractivity contribution < 1.29 is 14.0 Å². The zero-order valence-electron chi connectivity index (χ0n) is 13.3. The summed E-state index contributed by atoms with van der Waals surface area (Å²) < 4.78 is 13.7. The van der Waals surface area contributed by atoms with Gasteiger partial charge >= 0.3 is 0 Å². The molecule has 0 aliphatic heterocycles. The Morgan fingerprint density at radius 3 is 2.58 bits per heavy atom. The molecule has 0 atom stereocenters. The molecule has 2 aromatic rings. The minimum Gasteiger partial charge on any atom is -0.367 e. The first kappa shape index (κ1) is 18.3. The Kier molecular flexibility index (Phi) is 5.87. The van der Waals surface area contributed by atoms with Crippen molar-refractivity contribution in [1.82, 2.24) is 10.3 Å². The highest BCUT2D eigenvalue weighted by molar-refractivity contribution is 14.1. The monoisotopic (exact) mass is 441 g/mol. The number of carbonyl (C=O) groups is 2. The minimum absolute atomic E-state index is 0.277. The molecule has 0 spiro atoms. The molecule has 0 unspecified atom stereocenters. The molecule has 0 aliphatic carbocycles. The van der Waals surface area contributed by atoms with Crippen molar-refractivity contribution >= 4 is 40.6 Å². The fraction of sp³-hybridized carbons (Fsp3) is 0.235. The summed E-state index contributed by atoms with van der Waals surface area (Å²) in [5.74, 6) is -0.0158. The molecule has 7 heteroatoms. The number of pyridine rings is 1. The smallest absolute Gasteiger partial charge is 0.251 e. The molecule has 0 bridgehead atoms. The lowest BCUT2D eigenvalue weighted by molar-refractivity contribution is 0.0917. The maximum atomic E-state index is 12.9. The van der Waals surface area contributed by atoms with Crippen molar-refractivity contribution in [2.45, 2.75) is 19.4 Å². The molecule has 0 saturated heterocycles. The van der Waals surface area contributed by atoms with Gasteiger partial charge in [-0.05, 0) is 66.8 Å². The van der Waals surface area contributed by atoms with Gasteiger partial charge in [0, 0.05) is 23.9 Å². The summed E-state index contributed by atoms with van der Waals surface area (Å²) in [4.78, 5) is 27.1. The first-order valence-corrected chi connectivity index (χ1v) is 8.31. The number of hydrogen-bond acceptors (Lipinski definition) is 4. The van der Waals surface area contributed by atoms with Gasteiger partial charge in [-0.15, -0.1) is 0 Å². The second-order valence-corrected chi connectivity index (χ2v) is 7.08. The molecule has 0 saturated carbocycles. The van der Waals surface area contributed by atoms with Crippen LogP contribution < -0.4 is 10.6 Å². The standard InChI is InChI=1S/C17H17FIN3O2/c1-17(2,22-16(24)12-3-5-13(18)6-4-12)10-21-15-14(19)7-11(9-23)8-20-15/h3-9H,10H2,1-2H3,(H,20,21)(H,22,24). The Labute approximate surface area is 153 Å². The maximum absolute atomic E-state index is 12.9. The third kappa shape index (κ3) is 4.98. The van der Waals surface area contributed by atoms with Gasteiger partial charge in [0.1, 0.15) is 11.6 Å². The largest absolute Gasteiger partial charge is 0.367 e. The second-order valence-electron chi connectivity index (χ2n) is 5.92.